The molecule has 0 saturated carbocycles. The molecule has 100 valence electrons. The fraction of sp³-hybridized carbons (Fsp3) is 0.818. The van der Waals surface area contributed by atoms with Gasteiger partial charge in [-0.05, 0) is 27.2 Å². The van der Waals surface area contributed by atoms with Crippen LogP contribution < -0.4 is 0 Å². The summed E-state index contributed by atoms with van der Waals surface area (Å²) >= 11 is 0. The summed E-state index contributed by atoms with van der Waals surface area (Å²) in [4.78, 5) is 22.3. The molecule has 0 saturated heterocycles. The van der Waals surface area contributed by atoms with Gasteiger partial charge in [0.15, 0.2) is 0 Å². The molecule has 0 aromatic heterocycles. The molecule has 0 aliphatic rings. The summed E-state index contributed by atoms with van der Waals surface area (Å²) in [5.74, 6) is 0. The SMILES string of the molecule is CCO[Si](OCC)(OCC)C(=O)CCCC=O. The fourth-order valence-electron chi connectivity index (χ4n) is 1.44. The molecule has 0 heterocycles. The van der Waals surface area contributed by atoms with Crippen molar-refractivity contribution in [2.45, 2.75) is 40.0 Å². The highest BCUT2D eigenvalue weighted by atomic mass is 28.4. The van der Waals surface area contributed by atoms with Crippen LogP contribution in [0.1, 0.15) is 40.0 Å². The Morgan fingerprint density at radius 2 is 1.53 bits per heavy atom. The standard InChI is InChI=1S/C11H22O5Si/c1-4-14-17(15-5-2,16-6-3)11(13)9-7-8-10-12/h10H,4-9H2,1-3H3. The van der Waals surface area contributed by atoms with E-state index in [-0.39, 0.29) is 11.8 Å². The molecule has 0 rings (SSSR count). The van der Waals surface area contributed by atoms with Crippen LogP contribution in [0.15, 0.2) is 0 Å². The van der Waals surface area contributed by atoms with Crippen molar-refractivity contribution < 1.29 is 22.9 Å². The third kappa shape index (κ3) is 5.54. The van der Waals surface area contributed by atoms with Crippen molar-refractivity contribution in [2.75, 3.05) is 19.8 Å². The highest BCUT2D eigenvalue weighted by Gasteiger charge is 2.48. The molecule has 0 bridgehead atoms. The number of unbranched alkanes of at least 4 members (excludes halogenated alkanes) is 1. The van der Waals surface area contributed by atoms with E-state index in [0.717, 1.165) is 6.29 Å². The summed E-state index contributed by atoms with van der Waals surface area (Å²) in [5.41, 5.74) is 0. The minimum Gasteiger partial charge on any atom is -0.369 e. The van der Waals surface area contributed by atoms with Gasteiger partial charge in [-0.3, -0.25) is 4.79 Å². The van der Waals surface area contributed by atoms with Crippen LogP contribution in [0.2, 0.25) is 0 Å². The van der Waals surface area contributed by atoms with E-state index in [0.29, 0.717) is 32.7 Å². The molecule has 0 aliphatic heterocycles. The zero-order chi connectivity index (χ0) is 13.1. The van der Waals surface area contributed by atoms with Gasteiger partial charge in [0, 0.05) is 32.7 Å². The van der Waals surface area contributed by atoms with Crippen molar-refractivity contribution in [3.63, 3.8) is 0 Å². The van der Waals surface area contributed by atoms with E-state index >= 15 is 0 Å². The van der Waals surface area contributed by atoms with Crippen LogP contribution in [0.5, 0.6) is 0 Å². The lowest BCUT2D eigenvalue weighted by atomic mass is 10.3. The van der Waals surface area contributed by atoms with Crippen LogP contribution in [0, 0.1) is 0 Å². The molecule has 0 unspecified atom stereocenters. The summed E-state index contributed by atoms with van der Waals surface area (Å²) in [5, 5.41) is -0.134. The van der Waals surface area contributed by atoms with Crippen molar-refractivity contribution in [2.24, 2.45) is 0 Å². The van der Waals surface area contributed by atoms with Crippen molar-refractivity contribution in [3.8, 4) is 0 Å². The molecule has 0 aromatic rings. The van der Waals surface area contributed by atoms with Crippen LogP contribution in [0.3, 0.4) is 0 Å². The Balaban J connectivity index is 4.59. The number of aldehydes is 1. The molecule has 0 fully saturated rings. The Hall–Kier alpha value is -0.563. The van der Waals surface area contributed by atoms with Gasteiger partial charge in [0.2, 0.25) is 5.41 Å². The van der Waals surface area contributed by atoms with Gasteiger partial charge in [-0.1, -0.05) is 0 Å². The van der Waals surface area contributed by atoms with Gasteiger partial charge in [0.05, 0.1) is 0 Å². The molecule has 0 radical (unpaired) electrons. The van der Waals surface area contributed by atoms with E-state index in [4.69, 9.17) is 13.3 Å². The minimum atomic E-state index is -3.20. The number of rotatable bonds is 11. The molecule has 0 aromatic carbocycles. The van der Waals surface area contributed by atoms with Crippen LogP contribution in [0.4, 0.5) is 0 Å². The Labute approximate surface area is 104 Å². The number of carbonyl (C=O) groups is 2. The Morgan fingerprint density at radius 1 is 1.06 bits per heavy atom. The van der Waals surface area contributed by atoms with Crippen LogP contribution >= 0.6 is 0 Å². The molecule has 0 N–H and O–H groups in total. The maximum atomic E-state index is 12.1. The van der Waals surface area contributed by atoms with E-state index in [1.165, 1.54) is 0 Å². The van der Waals surface area contributed by atoms with Gasteiger partial charge in [0.25, 0.3) is 0 Å². The third-order valence-electron chi connectivity index (χ3n) is 2.07. The number of carbonyl (C=O) groups excluding carboxylic acids is 2. The molecule has 17 heavy (non-hydrogen) atoms. The summed E-state index contributed by atoms with van der Waals surface area (Å²) in [6.45, 7) is 6.55. The molecular weight excluding hydrogens is 240 g/mol. The van der Waals surface area contributed by atoms with Gasteiger partial charge < -0.3 is 18.1 Å². The Kier molecular flexibility index (Phi) is 9.15. The maximum Gasteiger partial charge on any atom is 0.574 e. The van der Waals surface area contributed by atoms with Gasteiger partial charge in [-0.2, -0.15) is 0 Å². The summed E-state index contributed by atoms with van der Waals surface area (Å²) in [6.07, 6.45) is 1.97. The second-order valence-electron chi connectivity index (χ2n) is 3.34. The van der Waals surface area contributed by atoms with Crippen LogP contribution in [-0.4, -0.2) is 40.3 Å². The number of hydrogen-bond acceptors (Lipinski definition) is 5. The second-order valence-corrected chi connectivity index (χ2v) is 5.87. The first-order chi connectivity index (χ1) is 8.16. The Morgan fingerprint density at radius 3 is 1.88 bits per heavy atom. The predicted octanol–water partition coefficient (Wildman–Crippen LogP) is 1.51. The highest BCUT2D eigenvalue weighted by Crippen LogP contribution is 2.15. The van der Waals surface area contributed by atoms with E-state index in [1.807, 2.05) is 0 Å². The monoisotopic (exact) mass is 262 g/mol. The lowest BCUT2D eigenvalue weighted by Crippen LogP contribution is -2.54. The lowest BCUT2D eigenvalue weighted by Gasteiger charge is -2.26. The van der Waals surface area contributed by atoms with E-state index in [9.17, 15) is 9.59 Å². The quantitative estimate of drug-likeness (QED) is 0.321. The predicted molar refractivity (Wildman–Crippen MR) is 65.6 cm³/mol. The zero-order valence-electron chi connectivity index (χ0n) is 10.9. The molecule has 6 heteroatoms. The molecule has 0 amide bonds. The lowest BCUT2D eigenvalue weighted by molar-refractivity contribution is -0.119. The van der Waals surface area contributed by atoms with Crippen molar-refractivity contribution in [1.29, 1.82) is 0 Å². The molecule has 0 spiro atoms. The first-order valence-corrected chi connectivity index (χ1v) is 7.78. The highest BCUT2D eigenvalue weighted by molar-refractivity contribution is 6.92. The summed E-state index contributed by atoms with van der Waals surface area (Å²) < 4.78 is 16.4. The van der Waals surface area contributed by atoms with E-state index in [1.54, 1.807) is 20.8 Å². The maximum absolute atomic E-state index is 12.1. The van der Waals surface area contributed by atoms with E-state index < -0.39 is 8.80 Å². The topological polar surface area (TPSA) is 61.8 Å². The average Bonchev–Trinajstić information content (AvgIpc) is 2.30. The zero-order valence-corrected chi connectivity index (χ0v) is 11.9. The molecule has 0 aliphatic carbocycles. The second kappa shape index (κ2) is 9.47. The van der Waals surface area contributed by atoms with Gasteiger partial charge in [-0.15, -0.1) is 0 Å². The van der Waals surface area contributed by atoms with Gasteiger partial charge in [0.1, 0.15) is 6.29 Å². The smallest absolute Gasteiger partial charge is 0.369 e. The first-order valence-electron chi connectivity index (χ1n) is 6.05. The third-order valence-corrected chi connectivity index (χ3v) is 5.01. The molecular formula is C11H22O5Si. The Bertz CT molecular complexity index is 215. The normalized spacial score (nSPS) is 11.5. The van der Waals surface area contributed by atoms with Crippen molar-refractivity contribution >= 4 is 20.5 Å². The summed E-state index contributed by atoms with van der Waals surface area (Å²) in [7, 11) is -3.20. The van der Waals surface area contributed by atoms with Crippen LogP contribution in [-0.2, 0) is 22.9 Å². The van der Waals surface area contributed by atoms with Crippen LogP contribution in [0.25, 0.3) is 0 Å². The average molecular weight is 262 g/mol. The first kappa shape index (κ1) is 16.4. The van der Waals surface area contributed by atoms with Crippen molar-refractivity contribution in [1.82, 2.24) is 0 Å². The minimum absolute atomic E-state index is 0.134. The molecule has 5 nitrogen and oxygen atoms in total. The molecule has 0 atom stereocenters. The van der Waals surface area contributed by atoms with Gasteiger partial charge >= 0.3 is 8.80 Å². The largest absolute Gasteiger partial charge is 0.574 e. The van der Waals surface area contributed by atoms with Gasteiger partial charge in [-0.25, -0.2) is 0 Å². The number of hydrogen-bond donors (Lipinski definition) is 0. The van der Waals surface area contributed by atoms with E-state index in [2.05, 4.69) is 0 Å². The van der Waals surface area contributed by atoms with Crippen molar-refractivity contribution in [3.05, 3.63) is 0 Å². The summed E-state index contributed by atoms with van der Waals surface area (Å²) in [6, 6.07) is 0. The fourth-order valence-corrected chi connectivity index (χ4v) is 3.79.